The Hall–Kier alpha value is -3.53. The number of fused-ring (bicyclic) bond motifs is 1. The van der Waals surface area contributed by atoms with Crippen molar-refractivity contribution in [3.8, 4) is 22.5 Å². The number of aromatic nitrogens is 2. The van der Waals surface area contributed by atoms with Crippen LogP contribution in [0.5, 0.6) is 0 Å². The zero-order valence-corrected chi connectivity index (χ0v) is 16.8. The van der Waals surface area contributed by atoms with Gasteiger partial charge in [-0.2, -0.15) is 0 Å². The van der Waals surface area contributed by atoms with Crippen molar-refractivity contribution in [1.29, 1.82) is 0 Å². The summed E-state index contributed by atoms with van der Waals surface area (Å²) in [6.07, 6.45) is 0. The summed E-state index contributed by atoms with van der Waals surface area (Å²) in [5.41, 5.74) is 7.56. The van der Waals surface area contributed by atoms with Crippen molar-refractivity contribution in [2.75, 3.05) is 6.61 Å². The Labute approximate surface area is 170 Å². The SMILES string of the molecule is CCOC(=O)c1ccccc1-c1nc2cc(C)c(C)cc2nc1-c1ccccc1. The molecule has 0 saturated heterocycles. The fourth-order valence-electron chi connectivity index (χ4n) is 3.37. The van der Waals surface area contributed by atoms with Crippen molar-refractivity contribution in [3.63, 3.8) is 0 Å². The minimum Gasteiger partial charge on any atom is -0.462 e. The normalized spacial score (nSPS) is 10.9. The van der Waals surface area contributed by atoms with Crippen molar-refractivity contribution in [3.05, 3.63) is 83.4 Å². The fraction of sp³-hybridized carbons (Fsp3) is 0.160. The molecule has 0 N–H and O–H groups in total. The van der Waals surface area contributed by atoms with Gasteiger partial charge in [-0.3, -0.25) is 0 Å². The molecule has 0 amide bonds. The molecule has 0 radical (unpaired) electrons. The van der Waals surface area contributed by atoms with E-state index in [1.807, 2.05) is 54.6 Å². The molecule has 4 rings (SSSR count). The number of rotatable bonds is 4. The minimum absolute atomic E-state index is 0.320. The van der Waals surface area contributed by atoms with Gasteiger partial charge in [0.25, 0.3) is 0 Å². The van der Waals surface area contributed by atoms with E-state index in [0.29, 0.717) is 17.9 Å². The highest BCUT2D eigenvalue weighted by Gasteiger charge is 2.20. The molecule has 0 atom stereocenters. The van der Waals surface area contributed by atoms with Crippen LogP contribution >= 0.6 is 0 Å². The number of aryl methyl sites for hydroxylation is 2. The van der Waals surface area contributed by atoms with Crippen molar-refractivity contribution in [2.24, 2.45) is 0 Å². The Morgan fingerprint density at radius 3 is 2.07 bits per heavy atom. The topological polar surface area (TPSA) is 52.1 Å². The van der Waals surface area contributed by atoms with E-state index < -0.39 is 0 Å². The Kier molecular flexibility index (Phi) is 5.09. The zero-order valence-electron chi connectivity index (χ0n) is 16.8. The molecule has 144 valence electrons. The molecular weight excluding hydrogens is 360 g/mol. The van der Waals surface area contributed by atoms with Crippen LogP contribution in [0.2, 0.25) is 0 Å². The van der Waals surface area contributed by atoms with E-state index in [4.69, 9.17) is 14.7 Å². The first kappa shape index (κ1) is 18.8. The summed E-state index contributed by atoms with van der Waals surface area (Å²) in [5, 5.41) is 0. The molecule has 0 spiro atoms. The molecule has 0 aliphatic carbocycles. The third kappa shape index (κ3) is 3.61. The van der Waals surface area contributed by atoms with Crippen molar-refractivity contribution in [2.45, 2.75) is 20.8 Å². The zero-order chi connectivity index (χ0) is 20.4. The lowest BCUT2D eigenvalue weighted by Crippen LogP contribution is -2.07. The van der Waals surface area contributed by atoms with E-state index in [0.717, 1.165) is 33.4 Å². The van der Waals surface area contributed by atoms with Crippen LogP contribution in [0.3, 0.4) is 0 Å². The molecule has 0 aliphatic rings. The maximum Gasteiger partial charge on any atom is 0.338 e. The van der Waals surface area contributed by atoms with Crippen LogP contribution < -0.4 is 0 Å². The number of hydrogen-bond acceptors (Lipinski definition) is 4. The van der Waals surface area contributed by atoms with Gasteiger partial charge in [0.1, 0.15) is 0 Å². The second kappa shape index (κ2) is 7.84. The van der Waals surface area contributed by atoms with E-state index in [2.05, 4.69) is 19.9 Å². The molecular formula is C25H22N2O2. The Morgan fingerprint density at radius 1 is 0.828 bits per heavy atom. The largest absolute Gasteiger partial charge is 0.462 e. The maximum absolute atomic E-state index is 12.6. The molecule has 0 fully saturated rings. The molecule has 4 aromatic rings. The highest BCUT2D eigenvalue weighted by molar-refractivity contribution is 5.99. The number of carbonyl (C=O) groups is 1. The molecule has 0 aliphatic heterocycles. The van der Waals surface area contributed by atoms with E-state index in [1.54, 1.807) is 13.0 Å². The molecule has 4 heteroatoms. The van der Waals surface area contributed by atoms with Crippen molar-refractivity contribution >= 4 is 17.0 Å². The van der Waals surface area contributed by atoms with Crippen LogP contribution in [0, 0.1) is 13.8 Å². The van der Waals surface area contributed by atoms with E-state index in [1.165, 1.54) is 5.56 Å². The number of carbonyl (C=O) groups excluding carboxylic acids is 1. The van der Waals surface area contributed by atoms with Gasteiger partial charge in [0.2, 0.25) is 0 Å². The third-order valence-corrected chi connectivity index (χ3v) is 5.00. The van der Waals surface area contributed by atoms with Gasteiger partial charge in [-0.25, -0.2) is 14.8 Å². The summed E-state index contributed by atoms with van der Waals surface area (Å²) in [5.74, 6) is -0.357. The molecule has 0 unspecified atom stereocenters. The Bertz CT molecular complexity index is 1200. The summed E-state index contributed by atoms with van der Waals surface area (Å²) in [7, 11) is 0. The fourth-order valence-corrected chi connectivity index (χ4v) is 3.37. The van der Waals surface area contributed by atoms with Crippen LogP contribution in [0.4, 0.5) is 0 Å². The summed E-state index contributed by atoms with van der Waals surface area (Å²) < 4.78 is 5.27. The summed E-state index contributed by atoms with van der Waals surface area (Å²) in [4.78, 5) is 22.5. The molecule has 3 aromatic carbocycles. The smallest absolute Gasteiger partial charge is 0.338 e. The van der Waals surface area contributed by atoms with Gasteiger partial charge in [0.05, 0.1) is 34.6 Å². The van der Waals surface area contributed by atoms with E-state index in [9.17, 15) is 4.79 Å². The number of ether oxygens (including phenoxy) is 1. The van der Waals surface area contributed by atoms with Crippen LogP contribution in [0.15, 0.2) is 66.7 Å². The average Bonchev–Trinajstić information content (AvgIpc) is 2.74. The first-order valence-electron chi connectivity index (χ1n) is 9.69. The Balaban J connectivity index is 2.03. The molecule has 0 bridgehead atoms. The lowest BCUT2D eigenvalue weighted by molar-refractivity contribution is 0.0527. The third-order valence-electron chi connectivity index (χ3n) is 5.00. The second-order valence-corrected chi connectivity index (χ2v) is 6.98. The van der Waals surface area contributed by atoms with Crippen molar-refractivity contribution < 1.29 is 9.53 Å². The average molecular weight is 382 g/mol. The standard InChI is InChI=1S/C25H22N2O2/c1-4-29-25(28)20-13-9-8-12-19(20)24-23(18-10-6-5-7-11-18)26-21-14-16(2)17(3)15-22(21)27-24/h5-15H,4H2,1-3H3. The van der Waals surface area contributed by atoms with Crippen LogP contribution in [-0.2, 0) is 4.74 Å². The van der Waals surface area contributed by atoms with Crippen LogP contribution in [-0.4, -0.2) is 22.5 Å². The van der Waals surface area contributed by atoms with Gasteiger partial charge in [-0.05, 0) is 50.1 Å². The number of hydrogen-bond donors (Lipinski definition) is 0. The number of benzene rings is 3. The summed E-state index contributed by atoms with van der Waals surface area (Å²) in [6, 6.07) is 21.4. The highest BCUT2D eigenvalue weighted by atomic mass is 16.5. The number of esters is 1. The molecule has 0 saturated carbocycles. The first-order valence-corrected chi connectivity index (χ1v) is 9.69. The molecule has 29 heavy (non-hydrogen) atoms. The highest BCUT2D eigenvalue weighted by Crippen LogP contribution is 2.33. The summed E-state index contributed by atoms with van der Waals surface area (Å²) in [6.45, 7) is 6.26. The predicted molar refractivity (Wildman–Crippen MR) is 116 cm³/mol. The molecule has 4 nitrogen and oxygen atoms in total. The van der Waals surface area contributed by atoms with Crippen LogP contribution in [0.1, 0.15) is 28.4 Å². The van der Waals surface area contributed by atoms with Crippen molar-refractivity contribution in [1.82, 2.24) is 9.97 Å². The second-order valence-electron chi connectivity index (χ2n) is 6.98. The van der Waals surface area contributed by atoms with Gasteiger partial charge in [0.15, 0.2) is 0 Å². The van der Waals surface area contributed by atoms with E-state index in [-0.39, 0.29) is 5.97 Å². The number of nitrogens with zero attached hydrogens (tertiary/aromatic N) is 2. The monoisotopic (exact) mass is 382 g/mol. The molecule has 1 heterocycles. The Morgan fingerprint density at radius 2 is 1.41 bits per heavy atom. The quantitative estimate of drug-likeness (QED) is 0.421. The predicted octanol–water partition coefficient (Wildman–Crippen LogP) is 5.76. The lowest BCUT2D eigenvalue weighted by atomic mass is 9.98. The summed E-state index contributed by atoms with van der Waals surface area (Å²) >= 11 is 0. The van der Waals surface area contributed by atoms with Crippen LogP contribution in [0.25, 0.3) is 33.5 Å². The maximum atomic E-state index is 12.6. The lowest BCUT2D eigenvalue weighted by Gasteiger charge is -2.14. The molecule has 1 aromatic heterocycles. The van der Waals surface area contributed by atoms with Gasteiger partial charge in [0, 0.05) is 11.1 Å². The minimum atomic E-state index is -0.357. The van der Waals surface area contributed by atoms with Gasteiger partial charge < -0.3 is 4.74 Å². The van der Waals surface area contributed by atoms with Gasteiger partial charge >= 0.3 is 5.97 Å². The first-order chi connectivity index (χ1) is 14.1. The van der Waals surface area contributed by atoms with E-state index >= 15 is 0 Å². The van der Waals surface area contributed by atoms with Gasteiger partial charge in [-0.15, -0.1) is 0 Å². The van der Waals surface area contributed by atoms with Gasteiger partial charge in [-0.1, -0.05) is 48.5 Å².